The minimum atomic E-state index is -1.02. The normalized spacial score (nSPS) is 13.3. The number of pyridine rings is 2. The highest BCUT2D eigenvalue weighted by Gasteiger charge is 2.26. The molecule has 1 aliphatic carbocycles. The first-order valence-electron chi connectivity index (χ1n) is 9.82. The number of carbonyl (C=O) groups is 1. The molecule has 2 N–H and O–H groups in total. The quantitative estimate of drug-likeness (QED) is 0.510. The van der Waals surface area contributed by atoms with Crippen LogP contribution < -0.4 is 10.9 Å². The van der Waals surface area contributed by atoms with Gasteiger partial charge in [-0.25, -0.2) is 9.78 Å². The Balaban J connectivity index is 1.63. The van der Waals surface area contributed by atoms with Crippen molar-refractivity contribution in [3.63, 3.8) is 0 Å². The van der Waals surface area contributed by atoms with Gasteiger partial charge in [0.15, 0.2) is 0 Å². The predicted octanol–water partition coefficient (Wildman–Crippen LogP) is 4.70. The molecule has 2 aromatic heterocycles. The zero-order chi connectivity index (χ0) is 20.7. The van der Waals surface area contributed by atoms with Crippen molar-refractivity contribution in [1.82, 2.24) is 9.55 Å². The molecule has 0 radical (unpaired) electrons. The molecule has 30 heavy (non-hydrogen) atoms. The third kappa shape index (κ3) is 3.22. The van der Waals surface area contributed by atoms with Gasteiger partial charge in [-0.15, -0.1) is 0 Å². The summed E-state index contributed by atoms with van der Waals surface area (Å²) in [6.45, 7) is 0. The van der Waals surface area contributed by atoms with Gasteiger partial charge in [-0.05, 0) is 60.7 Å². The van der Waals surface area contributed by atoms with Crippen LogP contribution in [0.1, 0.15) is 34.7 Å². The van der Waals surface area contributed by atoms with Crippen molar-refractivity contribution in [2.45, 2.75) is 18.8 Å². The highest BCUT2D eigenvalue weighted by atomic mass is 16.4. The second kappa shape index (κ2) is 7.15. The highest BCUT2D eigenvalue weighted by Crippen LogP contribution is 2.40. The lowest BCUT2D eigenvalue weighted by Gasteiger charge is -2.15. The van der Waals surface area contributed by atoms with Crippen LogP contribution in [0.2, 0.25) is 0 Å². The Bertz CT molecular complexity index is 1320. The van der Waals surface area contributed by atoms with Crippen LogP contribution in [0.4, 0.5) is 11.5 Å². The number of nitrogens with one attached hydrogen (secondary N) is 1. The Labute approximate surface area is 172 Å². The van der Waals surface area contributed by atoms with Crippen LogP contribution in [0, 0.1) is 0 Å². The van der Waals surface area contributed by atoms with E-state index in [4.69, 9.17) is 0 Å². The topological polar surface area (TPSA) is 84.2 Å². The van der Waals surface area contributed by atoms with E-state index in [1.54, 1.807) is 22.9 Å². The molecule has 6 heteroatoms. The van der Waals surface area contributed by atoms with Gasteiger partial charge in [-0.2, -0.15) is 0 Å². The molecule has 148 valence electrons. The largest absolute Gasteiger partial charge is 0.478 e. The van der Waals surface area contributed by atoms with E-state index < -0.39 is 5.97 Å². The number of benzene rings is 2. The number of hydrogen-bond donors (Lipinski definition) is 2. The van der Waals surface area contributed by atoms with Gasteiger partial charge in [0.1, 0.15) is 11.4 Å². The molecule has 0 atom stereocenters. The summed E-state index contributed by atoms with van der Waals surface area (Å²) in [5, 5.41) is 13.7. The SMILES string of the molecule is O=C(O)c1cc(C2CC2)cnc1Nc1cccc2c1ccc(=O)n2-c1ccccc1. The van der Waals surface area contributed by atoms with Crippen LogP contribution in [-0.2, 0) is 0 Å². The number of aromatic carboxylic acids is 1. The smallest absolute Gasteiger partial charge is 0.339 e. The van der Waals surface area contributed by atoms with Crippen molar-refractivity contribution in [2.75, 3.05) is 5.32 Å². The van der Waals surface area contributed by atoms with Crippen LogP contribution in [0.5, 0.6) is 0 Å². The van der Waals surface area contributed by atoms with E-state index >= 15 is 0 Å². The zero-order valence-electron chi connectivity index (χ0n) is 16.1. The molecule has 1 aliphatic rings. The number of rotatable bonds is 5. The van der Waals surface area contributed by atoms with E-state index in [-0.39, 0.29) is 16.9 Å². The first-order chi connectivity index (χ1) is 14.6. The number of aromatic nitrogens is 2. The van der Waals surface area contributed by atoms with Gasteiger partial charge in [0.2, 0.25) is 0 Å². The van der Waals surface area contributed by atoms with E-state index in [9.17, 15) is 14.7 Å². The second-order valence-electron chi connectivity index (χ2n) is 7.45. The molecule has 2 aromatic carbocycles. The van der Waals surface area contributed by atoms with Crippen molar-refractivity contribution < 1.29 is 9.90 Å². The van der Waals surface area contributed by atoms with E-state index in [1.165, 1.54) is 6.07 Å². The Kier molecular flexibility index (Phi) is 4.32. The van der Waals surface area contributed by atoms with Gasteiger partial charge in [0.05, 0.1) is 5.52 Å². The van der Waals surface area contributed by atoms with E-state index in [0.717, 1.165) is 35.0 Å². The maximum Gasteiger partial charge on any atom is 0.339 e. The minimum absolute atomic E-state index is 0.135. The number of fused-ring (bicyclic) bond motifs is 1. The standard InChI is InChI=1S/C24H19N3O3/c28-22-12-11-18-20(7-4-8-21(18)27(22)17-5-2-1-3-6-17)26-23-19(24(29)30)13-16(14-25-23)15-9-10-15/h1-8,11-15H,9-10H2,(H,25,26)(H,29,30). The number of hydrogen-bond acceptors (Lipinski definition) is 4. The van der Waals surface area contributed by atoms with Crippen molar-refractivity contribution >= 4 is 28.4 Å². The monoisotopic (exact) mass is 397 g/mol. The molecule has 0 saturated heterocycles. The summed E-state index contributed by atoms with van der Waals surface area (Å²) in [6, 6.07) is 19.9. The molecule has 5 rings (SSSR count). The maximum absolute atomic E-state index is 12.6. The average Bonchev–Trinajstić information content (AvgIpc) is 3.60. The van der Waals surface area contributed by atoms with Crippen molar-refractivity contribution in [2.24, 2.45) is 0 Å². The number of anilines is 2. The Hall–Kier alpha value is -3.93. The van der Waals surface area contributed by atoms with Crippen LogP contribution in [0.15, 0.2) is 77.7 Å². The van der Waals surface area contributed by atoms with Gasteiger partial charge >= 0.3 is 5.97 Å². The summed E-state index contributed by atoms with van der Waals surface area (Å²) in [5.41, 5.74) is 3.16. The number of para-hydroxylation sites is 1. The molecule has 0 unspecified atom stereocenters. The molecule has 0 aliphatic heterocycles. The first kappa shape index (κ1) is 18.1. The lowest BCUT2D eigenvalue weighted by molar-refractivity contribution is 0.0697. The van der Waals surface area contributed by atoms with Crippen molar-refractivity contribution in [1.29, 1.82) is 0 Å². The molecule has 6 nitrogen and oxygen atoms in total. The van der Waals surface area contributed by atoms with Crippen LogP contribution in [0.3, 0.4) is 0 Å². The number of carboxylic acids is 1. The lowest BCUT2D eigenvalue weighted by Crippen LogP contribution is -2.17. The molecular weight excluding hydrogens is 378 g/mol. The fourth-order valence-electron chi connectivity index (χ4n) is 3.73. The minimum Gasteiger partial charge on any atom is -0.478 e. The van der Waals surface area contributed by atoms with Crippen LogP contribution in [-0.4, -0.2) is 20.6 Å². The van der Waals surface area contributed by atoms with Gasteiger partial charge < -0.3 is 10.4 Å². The Morgan fingerprint density at radius 3 is 2.57 bits per heavy atom. The lowest BCUT2D eigenvalue weighted by atomic mass is 10.1. The summed E-state index contributed by atoms with van der Waals surface area (Å²) in [6.07, 6.45) is 3.90. The van der Waals surface area contributed by atoms with Gasteiger partial charge in [0.25, 0.3) is 5.56 Å². The third-order valence-corrected chi connectivity index (χ3v) is 5.39. The van der Waals surface area contributed by atoms with Crippen LogP contribution in [0.25, 0.3) is 16.6 Å². The van der Waals surface area contributed by atoms with Gasteiger partial charge in [-0.3, -0.25) is 9.36 Å². The molecule has 1 saturated carbocycles. The molecule has 0 amide bonds. The van der Waals surface area contributed by atoms with E-state index in [0.29, 0.717) is 11.6 Å². The summed E-state index contributed by atoms with van der Waals surface area (Å²) in [5.74, 6) is -0.312. The second-order valence-corrected chi connectivity index (χ2v) is 7.45. The first-order valence-corrected chi connectivity index (χ1v) is 9.82. The summed E-state index contributed by atoms with van der Waals surface area (Å²) < 4.78 is 1.64. The van der Waals surface area contributed by atoms with Gasteiger partial charge in [-0.1, -0.05) is 24.3 Å². The predicted molar refractivity (Wildman–Crippen MR) is 116 cm³/mol. The summed E-state index contributed by atoms with van der Waals surface area (Å²) in [4.78, 5) is 28.8. The fourth-order valence-corrected chi connectivity index (χ4v) is 3.73. The third-order valence-electron chi connectivity index (χ3n) is 5.39. The average molecular weight is 397 g/mol. The maximum atomic E-state index is 12.6. The molecule has 0 spiro atoms. The zero-order valence-corrected chi connectivity index (χ0v) is 16.1. The summed E-state index contributed by atoms with van der Waals surface area (Å²) in [7, 11) is 0. The van der Waals surface area contributed by atoms with Crippen molar-refractivity contribution in [3.8, 4) is 5.69 Å². The molecular formula is C24H19N3O3. The molecule has 0 bridgehead atoms. The van der Waals surface area contributed by atoms with E-state index in [1.807, 2.05) is 48.5 Å². The molecule has 1 fully saturated rings. The molecule has 2 heterocycles. The highest BCUT2D eigenvalue weighted by molar-refractivity contribution is 5.98. The number of nitrogens with zero attached hydrogens (tertiary/aromatic N) is 2. The Morgan fingerprint density at radius 2 is 1.83 bits per heavy atom. The molecule has 4 aromatic rings. The van der Waals surface area contributed by atoms with Gasteiger partial charge in [0, 0.05) is 29.0 Å². The van der Waals surface area contributed by atoms with Crippen molar-refractivity contribution in [3.05, 3.63) is 94.4 Å². The Morgan fingerprint density at radius 1 is 1.03 bits per heavy atom. The van der Waals surface area contributed by atoms with Crippen LogP contribution >= 0.6 is 0 Å². The number of carboxylic acid groups (broad SMARTS) is 1. The van der Waals surface area contributed by atoms with E-state index in [2.05, 4.69) is 10.3 Å². The summed E-state index contributed by atoms with van der Waals surface area (Å²) >= 11 is 0. The fraction of sp³-hybridized carbons (Fsp3) is 0.125.